The van der Waals surface area contributed by atoms with Crippen LogP contribution in [0, 0.1) is 0 Å². The number of carboxylic acids is 1. The monoisotopic (exact) mass is 1170 g/mol. The molecule has 0 bridgehead atoms. The van der Waals surface area contributed by atoms with Crippen LogP contribution in [-0.2, 0) is 93.3 Å². The molecule has 0 saturated carbocycles. The average Bonchev–Trinajstić information content (AvgIpc) is 4.03. The van der Waals surface area contributed by atoms with Gasteiger partial charge in [-0.25, -0.2) is 0 Å². The van der Waals surface area contributed by atoms with Crippen LogP contribution < -0.4 is 4.90 Å². The summed E-state index contributed by atoms with van der Waals surface area (Å²) in [5.74, 6) is -1.47. The maximum Gasteiger partial charge on any atom is 0.303 e. The first-order chi connectivity index (χ1) is 37.2. The SMILES string of the molecule is COCCOCCOCCOCCOCCC1(C)C(=CC=CC2=[N+](CCCS(=O)(=O)O)c3ccc(S(=O)(=O)O)cc3C2(C)CCOCCOCCOCCOCCOC)N(CCCCCC(=O)O)c2ccc(S(=O)(=O)O)cc21. The molecule has 442 valence electrons. The second-order valence-corrected chi connectivity index (χ2v) is 23.2. The van der Waals surface area contributed by atoms with Crippen LogP contribution in [0.25, 0.3) is 0 Å². The zero-order chi connectivity index (χ0) is 57.1. The molecule has 0 fully saturated rings. The minimum atomic E-state index is -4.67. The zero-order valence-electron chi connectivity index (χ0n) is 45.3. The Morgan fingerprint density at radius 1 is 0.577 bits per heavy atom. The number of aliphatic carboxylic acids is 1. The van der Waals surface area contributed by atoms with Crippen LogP contribution in [0.15, 0.2) is 70.1 Å². The summed E-state index contributed by atoms with van der Waals surface area (Å²) in [4.78, 5) is 12.8. The van der Waals surface area contributed by atoms with Crippen molar-refractivity contribution >= 4 is 53.4 Å². The minimum Gasteiger partial charge on any atom is -0.481 e. The van der Waals surface area contributed by atoms with Gasteiger partial charge in [0.25, 0.3) is 30.4 Å². The number of ether oxygens (including phenoxy) is 10. The molecule has 0 amide bonds. The van der Waals surface area contributed by atoms with E-state index in [9.17, 15) is 48.8 Å². The number of rotatable bonds is 44. The van der Waals surface area contributed by atoms with E-state index in [4.69, 9.17) is 47.4 Å². The van der Waals surface area contributed by atoms with Crippen molar-refractivity contribution in [1.82, 2.24) is 0 Å². The van der Waals surface area contributed by atoms with Crippen molar-refractivity contribution in [2.75, 3.05) is 157 Å². The largest absolute Gasteiger partial charge is 0.481 e. The summed E-state index contributed by atoms with van der Waals surface area (Å²) in [5, 5.41) is 9.33. The van der Waals surface area contributed by atoms with E-state index in [2.05, 4.69) is 0 Å². The molecule has 0 saturated heterocycles. The van der Waals surface area contributed by atoms with E-state index in [0.717, 1.165) is 5.70 Å². The molecule has 23 nitrogen and oxygen atoms in total. The lowest BCUT2D eigenvalue weighted by atomic mass is 9.76. The van der Waals surface area contributed by atoms with Crippen molar-refractivity contribution in [2.24, 2.45) is 0 Å². The Morgan fingerprint density at radius 3 is 1.49 bits per heavy atom. The van der Waals surface area contributed by atoms with Crippen LogP contribution >= 0.6 is 0 Å². The van der Waals surface area contributed by atoms with Crippen molar-refractivity contribution < 1.29 is 101 Å². The summed E-state index contributed by atoms with van der Waals surface area (Å²) in [7, 11) is -10.5. The number of nitrogens with zero attached hydrogens (tertiary/aromatic N) is 2. The van der Waals surface area contributed by atoms with Crippen LogP contribution in [0.3, 0.4) is 0 Å². The van der Waals surface area contributed by atoms with E-state index in [1.807, 2.05) is 35.5 Å². The van der Waals surface area contributed by atoms with Crippen LogP contribution in [0.4, 0.5) is 11.4 Å². The van der Waals surface area contributed by atoms with E-state index in [1.54, 1.807) is 26.4 Å². The maximum atomic E-state index is 12.6. The highest BCUT2D eigenvalue weighted by Gasteiger charge is 2.48. The first-order valence-electron chi connectivity index (χ1n) is 26.0. The zero-order valence-corrected chi connectivity index (χ0v) is 47.8. The van der Waals surface area contributed by atoms with E-state index in [1.165, 1.54) is 30.3 Å². The third kappa shape index (κ3) is 21.9. The Kier molecular flexibility index (Phi) is 28.9. The number of carboxylic acid groups (broad SMARTS) is 1. The molecular formula is C52H81N2O21S3+. The quantitative estimate of drug-likeness (QED) is 0.0390. The first-order valence-corrected chi connectivity index (χ1v) is 30.5. The first kappa shape index (κ1) is 66.7. The lowest BCUT2D eigenvalue weighted by molar-refractivity contribution is -0.437. The molecule has 2 unspecified atom stereocenters. The smallest absolute Gasteiger partial charge is 0.303 e. The molecule has 4 rings (SSSR count). The van der Waals surface area contributed by atoms with Gasteiger partial charge in [-0.15, -0.1) is 0 Å². The number of unbranched alkanes of at least 4 members (excludes halogenated alkanes) is 2. The van der Waals surface area contributed by atoms with Gasteiger partial charge in [0.2, 0.25) is 5.69 Å². The topological polar surface area (TPSA) is 299 Å². The summed E-state index contributed by atoms with van der Waals surface area (Å²) >= 11 is 0. The standard InChI is InChI=1S/C52H80N2O21S3/c1-51(17-21-68-27-29-72-35-37-74-33-31-70-25-23-66-3)44-40-42(77(60,61)62)13-15-46(44)53(19-7-5-6-12-50(55)56)48(51)10-8-11-49-52(2,18-22-69-28-30-73-36-38-75-34-32-71-26-24-67-4)45-41-43(78(63,64)65)14-16-47(45)54(49)20-9-39-76(57,58)59/h8,10-11,13-16,40-41H,5-7,9,12,17-39H2,1-4H3,(H3-,55,56,57,58,59,60,61,62,63,64,65)/p+1. The van der Waals surface area contributed by atoms with Gasteiger partial charge in [-0.05, 0) is 81.5 Å². The molecule has 2 aliphatic rings. The summed E-state index contributed by atoms with van der Waals surface area (Å²) in [5.41, 5.74) is 1.66. The predicted octanol–water partition coefficient (Wildman–Crippen LogP) is 4.88. The minimum absolute atomic E-state index is 0.0105. The molecule has 0 aliphatic carbocycles. The molecular weight excluding hydrogens is 1080 g/mol. The van der Waals surface area contributed by atoms with E-state index < -0.39 is 52.9 Å². The van der Waals surface area contributed by atoms with Crippen LogP contribution in [-0.4, -0.2) is 212 Å². The number of anilines is 1. The highest BCUT2D eigenvalue weighted by molar-refractivity contribution is 7.86. The summed E-state index contributed by atoms with van der Waals surface area (Å²) in [6.45, 7) is 10.6. The van der Waals surface area contributed by atoms with Crippen molar-refractivity contribution in [2.45, 2.75) is 79.4 Å². The molecule has 26 heteroatoms. The molecule has 0 radical (unpaired) electrons. The fourth-order valence-corrected chi connectivity index (χ4v) is 10.6. The number of carbonyl (C=O) groups is 1. The Balaban J connectivity index is 1.67. The van der Waals surface area contributed by atoms with E-state index in [0.29, 0.717) is 140 Å². The van der Waals surface area contributed by atoms with Crippen molar-refractivity contribution in [3.63, 3.8) is 0 Å². The number of benzene rings is 2. The van der Waals surface area contributed by atoms with Gasteiger partial charge in [0, 0.05) is 81.3 Å². The molecule has 2 atom stereocenters. The predicted molar refractivity (Wildman–Crippen MR) is 288 cm³/mol. The van der Waals surface area contributed by atoms with E-state index in [-0.39, 0.29) is 75.2 Å². The van der Waals surface area contributed by atoms with Gasteiger partial charge >= 0.3 is 5.97 Å². The van der Waals surface area contributed by atoms with Crippen molar-refractivity contribution in [1.29, 1.82) is 0 Å². The average molecular weight is 1170 g/mol. The van der Waals surface area contributed by atoms with Crippen LogP contribution in [0.1, 0.15) is 69.9 Å². The molecule has 78 heavy (non-hydrogen) atoms. The van der Waals surface area contributed by atoms with Gasteiger partial charge in [-0.3, -0.25) is 18.5 Å². The molecule has 2 aromatic carbocycles. The summed E-state index contributed by atoms with van der Waals surface area (Å²) < 4.78 is 162. The molecule has 4 N–H and O–H groups in total. The Labute approximate surface area is 460 Å². The third-order valence-corrected chi connectivity index (χ3v) is 15.7. The van der Waals surface area contributed by atoms with Gasteiger partial charge < -0.3 is 57.4 Å². The lowest BCUT2D eigenvalue weighted by Crippen LogP contribution is -2.33. The number of hydrogen-bond acceptors (Lipinski definition) is 18. The fourth-order valence-electron chi connectivity index (χ4n) is 9.11. The molecule has 2 aliphatic heterocycles. The summed E-state index contributed by atoms with van der Waals surface area (Å²) in [6, 6.07) is 8.58. The number of fused-ring (bicyclic) bond motifs is 2. The van der Waals surface area contributed by atoms with Gasteiger partial charge in [0.1, 0.15) is 6.54 Å². The molecule has 2 aromatic rings. The van der Waals surface area contributed by atoms with Gasteiger partial charge in [-0.1, -0.05) is 12.5 Å². The Bertz CT molecular complexity index is 2610. The van der Waals surface area contributed by atoms with Crippen molar-refractivity contribution in [3.05, 3.63) is 71.5 Å². The Morgan fingerprint density at radius 2 is 1.03 bits per heavy atom. The second kappa shape index (κ2) is 33.8. The number of hydrogen-bond donors (Lipinski definition) is 4. The van der Waals surface area contributed by atoms with Crippen LogP contribution in [0.5, 0.6) is 0 Å². The third-order valence-electron chi connectivity index (χ3n) is 13.2. The second-order valence-electron chi connectivity index (χ2n) is 18.8. The normalized spacial score (nSPS) is 18.2. The highest BCUT2D eigenvalue weighted by atomic mass is 32.2. The molecule has 0 spiro atoms. The van der Waals surface area contributed by atoms with Gasteiger partial charge in [-0.2, -0.15) is 29.8 Å². The summed E-state index contributed by atoms with van der Waals surface area (Å²) in [6.07, 6.45) is 7.63. The number of allylic oxidation sites excluding steroid dienone is 4. The van der Waals surface area contributed by atoms with E-state index >= 15 is 0 Å². The molecule has 0 aromatic heterocycles. The van der Waals surface area contributed by atoms with Crippen LogP contribution in [0.2, 0.25) is 0 Å². The Hall–Kier alpha value is -3.81. The van der Waals surface area contributed by atoms with Gasteiger partial charge in [0.05, 0.1) is 127 Å². The lowest BCUT2D eigenvalue weighted by Gasteiger charge is -2.30. The maximum absolute atomic E-state index is 12.6. The number of methoxy groups -OCH3 is 2. The fraction of sp³-hybridized carbons (Fsp3) is 0.654. The van der Waals surface area contributed by atoms with Crippen molar-refractivity contribution in [3.8, 4) is 0 Å². The highest BCUT2D eigenvalue weighted by Crippen LogP contribution is 2.51. The van der Waals surface area contributed by atoms with Gasteiger partial charge in [0.15, 0.2) is 5.71 Å². The molecule has 2 heterocycles.